The molecule has 9 aromatic rings. The van der Waals surface area contributed by atoms with Crippen LogP contribution >= 0.6 is 0 Å². The number of fused-ring (bicyclic) bond motifs is 3. The maximum absolute atomic E-state index is 10.2. The first-order valence-electron chi connectivity index (χ1n) is 20.1. The van der Waals surface area contributed by atoms with E-state index in [0.29, 0.717) is 49.9 Å². The monoisotopic (exact) mass is 913 g/mol. The average Bonchev–Trinajstić information content (AvgIpc) is 3.92. The van der Waals surface area contributed by atoms with E-state index >= 15 is 0 Å². The molecule has 0 unspecified atom stereocenters. The normalized spacial score (nSPS) is 13.1. The predicted octanol–water partition coefficient (Wildman–Crippen LogP) is 9.24. The Morgan fingerprint density at radius 3 is 2.07 bits per heavy atom. The molecule has 9 rings (SSSR count). The molecule has 4 aromatic heterocycles. The van der Waals surface area contributed by atoms with Crippen LogP contribution in [0, 0.1) is 37.2 Å². The minimum atomic E-state index is -2.70. The fourth-order valence-electron chi connectivity index (χ4n) is 6.58. The summed E-state index contributed by atoms with van der Waals surface area (Å²) in [6.07, 6.45) is 4.49. The molecule has 0 aliphatic heterocycles. The zero-order valence-corrected chi connectivity index (χ0v) is 32.8. The van der Waals surface area contributed by atoms with Crippen LogP contribution < -0.4 is 15.9 Å². The zero-order chi connectivity index (χ0) is 42.1. The third-order valence-corrected chi connectivity index (χ3v) is 13.5. The Kier molecular flexibility index (Phi) is 8.77. The number of oxazole rings is 1. The van der Waals surface area contributed by atoms with Gasteiger partial charge in [-0.25, -0.2) is 4.98 Å². The third-order valence-electron chi connectivity index (χ3n) is 9.41. The number of nitriles is 1. The van der Waals surface area contributed by atoms with Crippen LogP contribution in [0.4, 0.5) is 0 Å². The molecule has 0 amide bonds. The van der Waals surface area contributed by atoms with Crippen molar-refractivity contribution in [1.82, 2.24) is 15.0 Å². The molecule has 0 aliphatic carbocycles. The van der Waals surface area contributed by atoms with Crippen molar-refractivity contribution in [3.05, 3.63) is 181 Å². The van der Waals surface area contributed by atoms with Gasteiger partial charge in [0.15, 0.2) is 11.3 Å². The van der Waals surface area contributed by atoms with Crippen molar-refractivity contribution in [2.45, 2.75) is 20.3 Å². The van der Waals surface area contributed by atoms with E-state index in [-0.39, 0.29) is 36.9 Å². The predicted molar refractivity (Wildman–Crippen MR) is 217 cm³/mol. The van der Waals surface area contributed by atoms with Crippen molar-refractivity contribution in [3.8, 4) is 39.9 Å². The fourth-order valence-corrected chi connectivity index (χ4v) is 9.76. The summed E-state index contributed by atoms with van der Waals surface area (Å²) in [4.78, 5) is 13.4. The fraction of sp³-hybridized carbons (Fsp3) is 0.0638. The van der Waals surface area contributed by atoms with Gasteiger partial charge in [0.05, 0.1) is 22.9 Å². The first kappa shape index (κ1) is 30.1. The SMILES string of the molecule is [2H]C([2H])([2H])c1cnc(-c2[c-]ccc3c2oc2c(-c4cnc([Si](C)(c5ccccc5)c5ccccc5)o4)c(C#N)ccc23)cc1C([2H])([2H])[2H].[Ir].[c-]1ccccc1-c1ccccn1. The minimum Gasteiger partial charge on any atom is -0.500 e. The van der Waals surface area contributed by atoms with Gasteiger partial charge in [0, 0.05) is 46.1 Å². The summed E-state index contributed by atoms with van der Waals surface area (Å²) in [5.74, 6) is 0.368. The molecule has 0 spiro atoms. The van der Waals surface area contributed by atoms with E-state index < -0.39 is 21.8 Å². The largest absolute Gasteiger partial charge is 0.500 e. The van der Waals surface area contributed by atoms with Crippen molar-refractivity contribution >= 4 is 45.9 Å². The van der Waals surface area contributed by atoms with Gasteiger partial charge in [-0.15, -0.1) is 54.1 Å². The second-order valence-corrected chi connectivity index (χ2v) is 16.5. The summed E-state index contributed by atoms with van der Waals surface area (Å²) in [7, 11) is -2.70. The first-order chi connectivity index (χ1) is 28.9. The zero-order valence-electron chi connectivity index (χ0n) is 35.4. The molecule has 0 aliphatic rings. The van der Waals surface area contributed by atoms with E-state index in [1.54, 1.807) is 30.6 Å². The van der Waals surface area contributed by atoms with E-state index in [9.17, 15) is 5.26 Å². The number of pyridine rings is 2. The minimum absolute atomic E-state index is 0. The standard InChI is InChI=1S/C36H26N3O2Si.C11H8N.Ir/c1-23-19-31(38-21-24(23)2)30-16-10-15-28-29-18-17-25(20-37)33(35(29)41-34(28)30)32-22-39-36(40-32)42(3,26-11-6-4-7-12-26)27-13-8-5-9-14-27;1-2-6-10(7-3-1)11-8-4-5-9-12-11;/h4-15,17-19,21-22H,1-3H3;1-6,8-9H;/q2*-1;/i1D3,2D3;;. The summed E-state index contributed by atoms with van der Waals surface area (Å²) in [5.41, 5.74) is 3.94. The second kappa shape index (κ2) is 16.0. The summed E-state index contributed by atoms with van der Waals surface area (Å²) in [5, 5.41) is 13.8. The molecule has 0 saturated heterocycles. The number of rotatable bonds is 6. The molecular weight excluding hydrogens is 873 g/mol. The van der Waals surface area contributed by atoms with E-state index in [1.165, 1.54) is 6.07 Å². The van der Waals surface area contributed by atoms with Gasteiger partial charge in [0.25, 0.3) is 0 Å². The molecule has 8 heteroatoms. The number of furan rings is 1. The molecule has 4 heterocycles. The Morgan fingerprint density at radius 1 is 0.673 bits per heavy atom. The van der Waals surface area contributed by atoms with E-state index in [4.69, 9.17) is 22.0 Å². The van der Waals surface area contributed by atoms with Gasteiger partial charge in [-0.05, 0) is 53.2 Å². The van der Waals surface area contributed by atoms with Crippen molar-refractivity contribution in [3.63, 3.8) is 0 Å². The number of hydrogen-bond acceptors (Lipinski definition) is 6. The third kappa shape index (κ3) is 7.09. The molecule has 0 atom stereocenters. The van der Waals surface area contributed by atoms with Crippen LogP contribution in [0.3, 0.4) is 0 Å². The van der Waals surface area contributed by atoms with Gasteiger partial charge in [-0.3, -0.25) is 0 Å². The van der Waals surface area contributed by atoms with Crippen LogP contribution in [0.5, 0.6) is 0 Å². The first-order valence-corrected chi connectivity index (χ1v) is 19.6. The number of nitrogens with zero attached hydrogens (tertiary/aromatic N) is 4. The number of aryl methyl sites for hydroxylation is 2. The van der Waals surface area contributed by atoms with Crippen molar-refractivity contribution < 1.29 is 37.2 Å². The van der Waals surface area contributed by atoms with Crippen LogP contribution in [-0.4, -0.2) is 23.0 Å². The maximum Gasteiger partial charge on any atom is 0.214 e. The van der Waals surface area contributed by atoms with Crippen LogP contribution in [0.25, 0.3) is 55.8 Å². The van der Waals surface area contributed by atoms with Gasteiger partial charge in [-0.2, -0.15) is 5.26 Å². The molecule has 0 N–H and O–H groups in total. The molecule has 269 valence electrons. The average molecular weight is 913 g/mol. The van der Waals surface area contributed by atoms with Gasteiger partial charge < -0.3 is 18.8 Å². The van der Waals surface area contributed by atoms with E-state index in [1.807, 2.05) is 84.9 Å². The molecule has 0 bridgehead atoms. The summed E-state index contributed by atoms with van der Waals surface area (Å²) >= 11 is 0. The molecule has 1 radical (unpaired) electrons. The van der Waals surface area contributed by atoms with Gasteiger partial charge in [0.1, 0.15) is 11.7 Å². The van der Waals surface area contributed by atoms with Gasteiger partial charge in [0.2, 0.25) is 8.07 Å². The quantitative estimate of drug-likeness (QED) is 0.122. The number of aromatic nitrogens is 3. The van der Waals surface area contributed by atoms with Gasteiger partial charge >= 0.3 is 0 Å². The molecule has 5 aromatic carbocycles. The van der Waals surface area contributed by atoms with E-state index in [0.717, 1.165) is 27.8 Å². The molecule has 0 saturated carbocycles. The molecule has 55 heavy (non-hydrogen) atoms. The Balaban J connectivity index is 0.000000370. The summed E-state index contributed by atoms with van der Waals surface area (Å²) in [6.45, 7) is -3.18. The Hall–Kier alpha value is -6.23. The Morgan fingerprint density at radius 2 is 1.40 bits per heavy atom. The van der Waals surface area contributed by atoms with Crippen molar-refractivity contribution in [2.24, 2.45) is 0 Å². The smallest absolute Gasteiger partial charge is 0.214 e. The molecular formula is C47H34IrN4O2Si-2. The van der Waals surface area contributed by atoms with Crippen LogP contribution in [0.2, 0.25) is 6.55 Å². The summed E-state index contributed by atoms with van der Waals surface area (Å²) < 4.78 is 60.6. The van der Waals surface area contributed by atoms with Gasteiger partial charge in [-0.1, -0.05) is 108 Å². The summed E-state index contributed by atoms with van der Waals surface area (Å²) in [6, 6.07) is 50.7. The second-order valence-electron chi connectivity index (χ2n) is 12.7. The van der Waals surface area contributed by atoms with Crippen LogP contribution in [-0.2, 0) is 20.1 Å². The maximum atomic E-state index is 10.2. The molecule has 6 nitrogen and oxygen atoms in total. The van der Waals surface area contributed by atoms with Crippen LogP contribution in [0.1, 0.15) is 24.9 Å². The topological polar surface area (TPSA) is 88.7 Å². The Labute approximate surface area is 343 Å². The Bertz CT molecular complexity index is 2910. The molecule has 0 fully saturated rings. The van der Waals surface area contributed by atoms with Crippen molar-refractivity contribution in [1.29, 1.82) is 5.26 Å². The number of benzene rings is 5. The van der Waals surface area contributed by atoms with Crippen LogP contribution in [0.15, 0.2) is 161 Å². The number of hydrogen-bond donors (Lipinski definition) is 0. The van der Waals surface area contributed by atoms with Crippen molar-refractivity contribution in [2.75, 3.05) is 0 Å². The van der Waals surface area contributed by atoms with E-state index in [2.05, 4.69) is 59.0 Å².